The fourth-order valence-corrected chi connectivity index (χ4v) is 4.98. The van der Waals surface area contributed by atoms with Crippen molar-refractivity contribution >= 4 is 41.3 Å². The Morgan fingerprint density at radius 3 is 2.52 bits per heavy atom. The van der Waals surface area contributed by atoms with Gasteiger partial charge in [-0.1, -0.05) is 45.6 Å². The molecule has 11 nitrogen and oxygen atoms in total. The van der Waals surface area contributed by atoms with Gasteiger partial charge < -0.3 is 20.5 Å². The summed E-state index contributed by atoms with van der Waals surface area (Å²) in [5, 5.41) is 7.88. The Balaban J connectivity index is 2.09. The van der Waals surface area contributed by atoms with Crippen LogP contribution in [0.5, 0.6) is 5.75 Å². The van der Waals surface area contributed by atoms with Crippen LogP contribution < -0.4 is 20.5 Å². The predicted octanol–water partition coefficient (Wildman–Crippen LogP) is 4.90. The average molecular weight is 589 g/mol. The number of sulfonamides is 1. The molecule has 4 N–H and O–H groups in total. The van der Waals surface area contributed by atoms with Crippen molar-refractivity contribution in [3.8, 4) is 17.0 Å². The summed E-state index contributed by atoms with van der Waals surface area (Å²) in [5.41, 5.74) is 7.17. The van der Waals surface area contributed by atoms with Crippen LogP contribution in [0.4, 0.5) is 17.3 Å². The summed E-state index contributed by atoms with van der Waals surface area (Å²) in [5.74, 6) is 0.581. The second kappa shape index (κ2) is 13.3. The highest BCUT2D eigenvalue weighted by atomic mass is 32.2. The van der Waals surface area contributed by atoms with E-state index in [1.807, 2.05) is 19.9 Å². The molecule has 0 saturated heterocycles. The average Bonchev–Trinajstić information content (AvgIpc) is 3.24. The highest BCUT2D eigenvalue weighted by Gasteiger charge is 2.25. The van der Waals surface area contributed by atoms with Gasteiger partial charge in [-0.15, -0.1) is 0 Å². The van der Waals surface area contributed by atoms with Gasteiger partial charge in [0.25, 0.3) is 5.91 Å². The number of rotatable bonds is 15. The summed E-state index contributed by atoms with van der Waals surface area (Å²) in [4.78, 5) is 17.1. The summed E-state index contributed by atoms with van der Waals surface area (Å²) >= 11 is 0. The van der Waals surface area contributed by atoms with Gasteiger partial charge in [0, 0.05) is 26.4 Å². The number of aromatic nitrogens is 3. The minimum absolute atomic E-state index is 0.0883. The molecule has 2 heterocycles. The van der Waals surface area contributed by atoms with E-state index in [-0.39, 0.29) is 24.0 Å². The summed E-state index contributed by atoms with van der Waals surface area (Å²) in [6, 6.07) is 11.3. The molecule has 2 aromatic heterocycles. The number of benzene rings is 1. The molecule has 0 atom stereocenters. The Hall–Kier alpha value is -3.42. The number of anilines is 3. The highest BCUT2D eigenvalue weighted by molar-refractivity contribution is 7.92. The molecule has 1 amide bonds. The summed E-state index contributed by atoms with van der Waals surface area (Å²) in [6.45, 7) is 13.3. The van der Waals surface area contributed by atoms with Crippen LogP contribution in [0.2, 0.25) is 25.7 Å². The molecule has 0 saturated carbocycles. The van der Waals surface area contributed by atoms with Gasteiger partial charge in [0.15, 0.2) is 0 Å². The van der Waals surface area contributed by atoms with E-state index in [0.717, 1.165) is 6.04 Å². The van der Waals surface area contributed by atoms with Crippen molar-refractivity contribution in [1.29, 1.82) is 0 Å². The first kappa shape index (κ1) is 31.1. The maximum Gasteiger partial charge on any atom is 0.254 e. The Bertz CT molecular complexity index is 1400. The van der Waals surface area contributed by atoms with Gasteiger partial charge >= 0.3 is 0 Å². The number of hydrogen-bond acceptors (Lipinski definition) is 8. The van der Waals surface area contributed by atoms with E-state index in [9.17, 15) is 13.2 Å². The van der Waals surface area contributed by atoms with Gasteiger partial charge in [0.2, 0.25) is 10.0 Å². The van der Waals surface area contributed by atoms with Crippen LogP contribution >= 0.6 is 0 Å². The summed E-state index contributed by atoms with van der Waals surface area (Å²) in [7, 11) is -4.86. The number of primary amides is 1. The number of pyridine rings is 1. The van der Waals surface area contributed by atoms with Gasteiger partial charge in [0.05, 0.1) is 18.0 Å². The zero-order chi connectivity index (χ0) is 29.5. The molecule has 0 fully saturated rings. The van der Waals surface area contributed by atoms with Crippen LogP contribution in [0.25, 0.3) is 11.3 Å². The van der Waals surface area contributed by atoms with E-state index >= 15 is 0 Å². The van der Waals surface area contributed by atoms with E-state index in [1.165, 1.54) is 0 Å². The van der Waals surface area contributed by atoms with Crippen LogP contribution in [0.15, 0.2) is 42.6 Å². The molecule has 0 spiro atoms. The van der Waals surface area contributed by atoms with Gasteiger partial charge in [-0.05, 0) is 43.2 Å². The minimum atomic E-state index is -3.55. The SMILES string of the molecule is CCS(=O)(=O)Nc1ccc(-c2nn(COCC[Si](C)(C)C)c(Nc3ccccn3)c2C(N)=O)cc1OCC(C)C. The highest BCUT2D eigenvalue weighted by Crippen LogP contribution is 2.36. The second-order valence-electron chi connectivity index (χ2n) is 11.0. The lowest BCUT2D eigenvalue weighted by molar-refractivity contribution is 0.0802. The predicted molar refractivity (Wildman–Crippen MR) is 161 cm³/mol. The van der Waals surface area contributed by atoms with Crippen LogP contribution in [0.3, 0.4) is 0 Å². The number of nitrogens with two attached hydrogens (primary N) is 1. The Kier molecular flexibility index (Phi) is 10.3. The fraction of sp³-hybridized carbons (Fsp3) is 0.444. The first-order chi connectivity index (χ1) is 18.8. The molecule has 3 rings (SSSR count). The molecule has 0 aliphatic rings. The topological polar surface area (TPSA) is 150 Å². The number of amides is 1. The van der Waals surface area contributed by atoms with Crippen molar-refractivity contribution in [2.45, 2.75) is 53.2 Å². The minimum Gasteiger partial charge on any atom is -0.491 e. The monoisotopic (exact) mass is 588 g/mol. The quantitative estimate of drug-likeness (QED) is 0.168. The van der Waals surface area contributed by atoms with Gasteiger partial charge in [-0.3, -0.25) is 9.52 Å². The van der Waals surface area contributed by atoms with Gasteiger partial charge in [-0.25, -0.2) is 18.1 Å². The Morgan fingerprint density at radius 1 is 1.18 bits per heavy atom. The third kappa shape index (κ3) is 8.79. The molecule has 13 heteroatoms. The van der Waals surface area contributed by atoms with Gasteiger partial charge in [-0.2, -0.15) is 5.10 Å². The number of carbonyl (C=O) groups excluding carboxylic acids is 1. The number of nitrogens with zero attached hydrogens (tertiary/aromatic N) is 3. The van der Waals surface area contributed by atoms with Crippen molar-refractivity contribution in [1.82, 2.24) is 14.8 Å². The largest absolute Gasteiger partial charge is 0.491 e. The van der Waals surface area contributed by atoms with Crippen LogP contribution in [0.1, 0.15) is 31.1 Å². The summed E-state index contributed by atoms with van der Waals surface area (Å²) in [6.07, 6.45) is 1.63. The maximum absolute atomic E-state index is 12.8. The van der Waals surface area contributed by atoms with Crippen LogP contribution in [0, 0.1) is 5.92 Å². The molecule has 0 aliphatic carbocycles. The van der Waals surface area contributed by atoms with E-state index in [2.05, 4.69) is 34.7 Å². The zero-order valence-electron chi connectivity index (χ0n) is 24.0. The fourth-order valence-electron chi connectivity index (χ4n) is 3.57. The third-order valence-corrected chi connectivity index (χ3v) is 8.79. The van der Waals surface area contributed by atoms with Crippen LogP contribution in [-0.2, 0) is 21.5 Å². The van der Waals surface area contributed by atoms with Crippen molar-refractivity contribution in [2.75, 3.05) is 29.0 Å². The summed E-state index contributed by atoms with van der Waals surface area (Å²) < 4.78 is 40.6. The third-order valence-electron chi connectivity index (χ3n) is 5.79. The Labute approximate surface area is 237 Å². The lowest BCUT2D eigenvalue weighted by atomic mass is 10.1. The molecule has 0 bridgehead atoms. The lowest BCUT2D eigenvalue weighted by Gasteiger charge is -2.16. The maximum atomic E-state index is 12.8. The van der Waals surface area contributed by atoms with Crippen molar-refractivity contribution in [2.24, 2.45) is 11.7 Å². The van der Waals surface area contributed by atoms with E-state index < -0.39 is 24.0 Å². The van der Waals surface area contributed by atoms with E-state index in [4.69, 9.17) is 20.3 Å². The van der Waals surface area contributed by atoms with Crippen molar-refractivity contribution in [3.63, 3.8) is 0 Å². The normalized spacial score (nSPS) is 12.0. The molecule has 1 aromatic carbocycles. The first-order valence-electron chi connectivity index (χ1n) is 13.2. The Morgan fingerprint density at radius 2 is 1.93 bits per heavy atom. The molecule has 0 unspecified atom stereocenters. The smallest absolute Gasteiger partial charge is 0.254 e. The van der Waals surface area contributed by atoms with E-state index in [0.29, 0.717) is 47.5 Å². The van der Waals surface area contributed by atoms with Crippen LogP contribution in [-0.4, -0.2) is 56.1 Å². The van der Waals surface area contributed by atoms with Crippen molar-refractivity contribution in [3.05, 3.63) is 48.2 Å². The molecule has 40 heavy (non-hydrogen) atoms. The number of ether oxygens (including phenoxy) is 2. The molecule has 3 aromatic rings. The molecular formula is C27H40N6O5SSi. The van der Waals surface area contributed by atoms with E-state index in [1.54, 1.807) is 48.1 Å². The number of nitrogens with one attached hydrogen (secondary N) is 2. The van der Waals surface area contributed by atoms with Crippen molar-refractivity contribution < 1.29 is 22.7 Å². The first-order valence-corrected chi connectivity index (χ1v) is 18.6. The standard InChI is InChI=1S/C27H40N6O5SSi/c1-7-39(35,36)32-21-12-11-20(16-22(21)38-17-19(2)3)25-24(26(28)34)27(30-23-10-8-9-13-29-23)33(31-25)18-37-14-15-40(4,5)6/h8-13,16,19,32H,7,14-15,17-18H2,1-6H3,(H2,28,34)(H,29,30). The molecular weight excluding hydrogens is 548 g/mol. The number of carbonyl (C=O) groups is 1. The molecule has 0 radical (unpaired) electrons. The molecule has 0 aliphatic heterocycles. The number of hydrogen-bond donors (Lipinski definition) is 3. The second-order valence-corrected chi connectivity index (χ2v) is 18.7. The lowest BCUT2D eigenvalue weighted by Crippen LogP contribution is -2.22. The molecule has 218 valence electrons. The van der Waals surface area contributed by atoms with Gasteiger partial charge in [0.1, 0.15) is 35.4 Å². The zero-order valence-corrected chi connectivity index (χ0v) is 25.8.